The average molecular weight is 266 g/mol. The number of allylic oxidation sites excluding steroid dienone is 1. The van der Waals surface area contributed by atoms with Crippen molar-refractivity contribution in [2.24, 2.45) is 0 Å². The van der Waals surface area contributed by atoms with Crippen molar-refractivity contribution in [2.75, 3.05) is 6.54 Å². The number of para-hydroxylation sites is 1. The molecule has 0 spiro atoms. The smallest absolute Gasteiger partial charge is 0.250 e. The van der Waals surface area contributed by atoms with Gasteiger partial charge in [-0.1, -0.05) is 24.3 Å². The van der Waals surface area contributed by atoms with Crippen LogP contribution in [-0.4, -0.2) is 22.3 Å². The van der Waals surface area contributed by atoms with E-state index in [4.69, 9.17) is 0 Å². The lowest BCUT2D eigenvalue weighted by molar-refractivity contribution is -0.132. The van der Waals surface area contributed by atoms with Crippen LogP contribution in [0.1, 0.15) is 37.1 Å². The summed E-state index contributed by atoms with van der Waals surface area (Å²) in [7, 11) is 0. The largest absolute Gasteiger partial charge is 0.356 e. The maximum Gasteiger partial charge on any atom is 0.250 e. The minimum atomic E-state index is 0.230. The molecule has 1 N–H and O–H groups in total. The SMILES string of the molecule is C/C=C1\CC[C@@H]2c3[nH]c4ccccc4c3CCN2C1=O. The highest BCUT2D eigenvalue weighted by atomic mass is 16.2. The summed E-state index contributed by atoms with van der Waals surface area (Å²) < 4.78 is 0. The number of nitrogens with zero attached hydrogens (tertiary/aromatic N) is 1. The van der Waals surface area contributed by atoms with Crippen molar-refractivity contribution in [2.45, 2.75) is 32.2 Å². The van der Waals surface area contributed by atoms with Gasteiger partial charge in [0.25, 0.3) is 0 Å². The molecule has 1 fully saturated rings. The normalized spacial score (nSPS) is 24.1. The molecule has 1 amide bonds. The zero-order chi connectivity index (χ0) is 13.7. The average Bonchev–Trinajstić information content (AvgIpc) is 2.86. The summed E-state index contributed by atoms with van der Waals surface area (Å²) in [5, 5.41) is 1.33. The molecular formula is C17H18N2O. The first-order chi connectivity index (χ1) is 9.79. The summed E-state index contributed by atoms with van der Waals surface area (Å²) in [6.07, 6.45) is 4.86. The number of aromatic amines is 1. The van der Waals surface area contributed by atoms with Crippen LogP contribution in [0.4, 0.5) is 0 Å². The van der Waals surface area contributed by atoms with E-state index in [1.54, 1.807) is 0 Å². The number of aromatic nitrogens is 1. The van der Waals surface area contributed by atoms with Gasteiger partial charge >= 0.3 is 0 Å². The van der Waals surface area contributed by atoms with E-state index < -0.39 is 0 Å². The fraction of sp³-hybridized carbons (Fsp3) is 0.353. The van der Waals surface area contributed by atoms with Crippen molar-refractivity contribution in [3.05, 3.63) is 47.2 Å². The molecule has 0 aliphatic carbocycles. The second-order valence-electron chi connectivity index (χ2n) is 5.68. The molecule has 4 rings (SSSR count). The molecule has 1 saturated heterocycles. The number of hydrogen-bond acceptors (Lipinski definition) is 1. The van der Waals surface area contributed by atoms with Crippen LogP contribution < -0.4 is 0 Å². The number of H-pyrrole nitrogens is 1. The Hall–Kier alpha value is -2.03. The van der Waals surface area contributed by atoms with E-state index in [-0.39, 0.29) is 11.9 Å². The Labute approximate surface area is 118 Å². The number of amides is 1. The van der Waals surface area contributed by atoms with Gasteiger partial charge in [-0.25, -0.2) is 0 Å². The van der Waals surface area contributed by atoms with E-state index in [1.807, 2.05) is 13.0 Å². The number of hydrogen-bond donors (Lipinski definition) is 1. The molecule has 2 aliphatic rings. The van der Waals surface area contributed by atoms with Crippen LogP contribution in [0, 0.1) is 0 Å². The third-order valence-electron chi connectivity index (χ3n) is 4.73. The first-order valence-corrected chi connectivity index (χ1v) is 7.35. The van der Waals surface area contributed by atoms with Gasteiger partial charge < -0.3 is 9.88 Å². The fourth-order valence-electron chi connectivity index (χ4n) is 3.71. The van der Waals surface area contributed by atoms with Crippen molar-refractivity contribution in [1.82, 2.24) is 9.88 Å². The Balaban J connectivity index is 1.83. The number of carbonyl (C=O) groups excluding carboxylic acids is 1. The third-order valence-corrected chi connectivity index (χ3v) is 4.73. The second-order valence-corrected chi connectivity index (χ2v) is 5.68. The minimum absolute atomic E-state index is 0.230. The molecule has 0 unspecified atom stereocenters. The molecule has 1 aromatic heterocycles. The molecule has 20 heavy (non-hydrogen) atoms. The quantitative estimate of drug-likeness (QED) is 0.729. The standard InChI is InChI=1S/C17H18N2O/c1-2-11-7-8-15-16-13(9-10-19(15)17(11)20)12-5-3-4-6-14(12)18-16/h2-6,15,18H,7-10H2,1H3/b11-2+/t15-/m1/s1. The van der Waals surface area contributed by atoms with Crippen LogP contribution in [0.5, 0.6) is 0 Å². The van der Waals surface area contributed by atoms with Gasteiger partial charge in [-0.05, 0) is 37.8 Å². The number of nitrogens with one attached hydrogen (secondary N) is 1. The third kappa shape index (κ3) is 1.49. The summed E-state index contributed by atoms with van der Waals surface area (Å²) in [6.45, 7) is 2.81. The monoisotopic (exact) mass is 266 g/mol. The summed E-state index contributed by atoms with van der Waals surface area (Å²) >= 11 is 0. The van der Waals surface area contributed by atoms with Gasteiger partial charge in [0.2, 0.25) is 5.91 Å². The molecule has 1 atom stereocenters. The van der Waals surface area contributed by atoms with E-state index in [9.17, 15) is 4.79 Å². The van der Waals surface area contributed by atoms with Crippen LogP contribution in [0.15, 0.2) is 35.9 Å². The van der Waals surface area contributed by atoms with Gasteiger partial charge in [0.1, 0.15) is 0 Å². The van der Waals surface area contributed by atoms with Gasteiger partial charge in [-0.2, -0.15) is 0 Å². The Morgan fingerprint density at radius 3 is 3.00 bits per heavy atom. The summed E-state index contributed by atoms with van der Waals surface area (Å²) in [5.74, 6) is 0.230. The summed E-state index contributed by atoms with van der Waals surface area (Å²) in [4.78, 5) is 18.1. The Kier molecular flexibility index (Phi) is 2.49. The highest BCUT2D eigenvalue weighted by Gasteiger charge is 2.37. The van der Waals surface area contributed by atoms with Crippen LogP contribution in [0.2, 0.25) is 0 Å². The van der Waals surface area contributed by atoms with Crippen molar-refractivity contribution in [3.63, 3.8) is 0 Å². The molecule has 2 aliphatic heterocycles. The maximum absolute atomic E-state index is 12.5. The molecule has 0 radical (unpaired) electrons. The lowest BCUT2D eigenvalue weighted by Crippen LogP contribution is -2.43. The molecule has 102 valence electrons. The summed E-state index contributed by atoms with van der Waals surface area (Å²) in [6, 6.07) is 8.70. The fourth-order valence-corrected chi connectivity index (χ4v) is 3.71. The zero-order valence-electron chi connectivity index (χ0n) is 11.6. The molecule has 3 nitrogen and oxygen atoms in total. The number of rotatable bonds is 0. The Bertz CT molecular complexity index is 726. The number of fused-ring (bicyclic) bond motifs is 5. The number of carbonyl (C=O) groups is 1. The van der Waals surface area contributed by atoms with Crippen molar-refractivity contribution >= 4 is 16.8 Å². The predicted octanol–water partition coefficient (Wildman–Crippen LogP) is 3.33. The predicted molar refractivity (Wildman–Crippen MR) is 79.4 cm³/mol. The Morgan fingerprint density at radius 2 is 2.15 bits per heavy atom. The van der Waals surface area contributed by atoms with Gasteiger partial charge in [0.15, 0.2) is 0 Å². The topological polar surface area (TPSA) is 36.1 Å². The van der Waals surface area contributed by atoms with Crippen LogP contribution >= 0.6 is 0 Å². The zero-order valence-corrected chi connectivity index (χ0v) is 11.6. The number of piperidine rings is 1. The highest BCUT2D eigenvalue weighted by molar-refractivity contribution is 5.95. The van der Waals surface area contributed by atoms with Crippen molar-refractivity contribution in [1.29, 1.82) is 0 Å². The molecular weight excluding hydrogens is 248 g/mol. The lowest BCUT2D eigenvalue weighted by atomic mass is 9.88. The first-order valence-electron chi connectivity index (χ1n) is 7.35. The minimum Gasteiger partial charge on any atom is -0.356 e. The lowest BCUT2D eigenvalue weighted by Gasteiger charge is -2.40. The van der Waals surface area contributed by atoms with E-state index in [1.165, 1.54) is 22.2 Å². The highest BCUT2D eigenvalue weighted by Crippen LogP contribution is 2.40. The summed E-state index contributed by atoms with van der Waals surface area (Å²) in [5.41, 5.74) is 4.85. The molecule has 3 heterocycles. The Morgan fingerprint density at radius 1 is 1.30 bits per heavy atom. The van der Waals surface area contributed by atoms with E-state index in [0.29, 0.717) is 0 Å². The van der Waals surface area contributed by atoms with Gasteiger partial charge in [-0.3, -0.25) is 4.79 Å². The second kappa shape index (κ2) is 4.23. The van der Waals surface area contributed by atoms with Gasteiger partial charge in [0.05, 0.1) is 6.04 Å². The van der Waals surface area contributed by atoms with E-state index in [0.717, 1.165) is 31.4 Å². The van der Waals surface area contributed by atoms with Gasteiger partial charge in [-0.15, -0.1) is 0 Å². The first kappa shape index (κ1) is 11.8. The van der Waals surface area contributed by atoms with Crippen LogP contribution in [0.25, 0.3) is 10.9 Å². The maximum atomic E-state index is 12.5. The molecule has 3 heteroatoms. The number of benzene rings is 1. The van der Waals surface area contributed by atoms with E-state index in [2.05, 4.69) is 34.1 Å². The molecule has 0 bridgehead atoms. The van der Waals surface area contributed by atoms with Crippen LogP contribution in [0.3, 0.4) is 0 Å². The van der Waals surface area contributed by atoms with E-state index >= 15 is 0 Å². The van der Waals surface area contributed by atoms with Gasteiger partial charge in [0, 0.05) is 28.7 Å². The molecule has 2 aromatic rings. The van der Waals surface area contributed by atoms with Crippen molar-refractivity contribution in [3.8, 4) is 0 Å². The molecule has 1 aromatic carbocycles. The molecule has 0 saturated carbocycles. The van der Waals surface area contributed by atoms with Crippen LogP contribution in [-0.2, 0) is 11.2 Å². The van der Waals surface area contributed by atoms with Crippen molar-refractivity contribution < 1.29 is 4.79 Å².